The van der Waals surface area contributed by atoms with Crippen LogP contribution in [0.3, 0.4) is 0 Å². The van der Waals surface area contributed by atoms with Crippen LogP contribution in [0.1, 0.15) is 13.8 Å². The largest absolute Gasteiger partial charge is 0.394 e. The Kier molecular flexibility index (Phi) is 10.4. The predicted molar refractivity (Wildman–Crippen MR) is 131 cm³/mol. The smallest absolute Gasteiger partial charge is 0.193 e. The second kappa shape index (κ2) is 12.8. The van der Waals surface area contributed by atoms with Crippen LogP contribution in [0, 0.1) is 0 Å². The van der Waals surface area contributed by atoms with Gasteiger partial charge in [-0.15, -0.1) is 0 Å². The average molecular weight is 635 g/mol. The van der Waals surface area contributed by atoms with Crippen molar-refractivity contribution in [1.29, 1.82) is 0 Å². The first-order chi connectivity index (χ1) is 20.0. The molecule has 0 spiro atoms. The minimum absolute atomic E-state index is 0.969. The molecule has 0 aromatic carbocycles. The molecule has 4 rings (SSSR count). The van der Waals surface area contributed by atoms with Gasteiger partial charge in [-0.05, 0) is 13.8 Å². The molecule has 43 heavy (non-hydrogen) atoms. The Labute approximate surface area is 244 Å². The molecule has 0 aromatic rings. The lowest BCUT2D eigenvalue weighted by molar-refractivity contribution is -0.447. The van der Waals surface area contributed by atoms with Crippen LogP contribution >= 0.6 is 0 Å². The van der Waals surface area contributed by atoms with E-state index in [0.29, 0.717) is 0 Å². The summed E-state index contributed by atoms with van der Waals surface area (Å²) in [6, 6.07) is 0. The molecule has 4 aliphatic heterocycles. The van der Waals surface area contributed by atoms with E-state index in [1.54, 1.807) is 0 Å². The third kappa shape index (κ3) is 5.42. The molecule has 0 radical (unpaired) electrons. The number of hydrogen-bond acceptors (Lipinski definition) is 19. The van der Waals surface area contributed by atoms with Crippen molar-refractivity contribution in [3.63, 3.8) is 0 Å². The number of aliphatic hydroxyl groups is 14. The highest BCUT2D eigenvalue weighted by Gasteiger charge is 2.76. The highest BCUT2D eigenvalue weighted by molar-refractivity contribution is 5.23. The van der Waals surface area contributed by atoms with Gasteiger partial charge < -0.3 is 95.2 Å². The highest BCUT2D eigenvalue weighted by atomic mass is 16.7. The minimum Gasteiger partial charge on any atom is -0.394 e. The van der Waals surface area contributed by atoms with Crippen LogP contribution in [0.5, 0.6) is 0 Å². The summed E-state index contributed by atoms with van der Waals surface area (Å²) in [5.74, 6) is 0. The van der Waals surface area contributed by atoms with Gasteiger partial charge in [-0.25, -0.2) is 0 Å². The van der Waals surface area contributed by atoms with Gasteiger partial charge in [-0.2, -0.15) is 0 Å². The first-order valence-electron chi connectivity index (χ1n) is 13.7. The summed E-state index contributed by atoms with van der Waals surface area (Å²) in [6.07, 6.45) is -36.3. The minimum atomic E-state index is -3.47. The van der Waals surface area contributed by atoms with Crippen LogP contribution in [0.25, 0.3) is 0 Å². The molecule has 0 bridgehead atoms. The van der Waals surface area contributed by atoms with Crippen LogP contribution in [0.15, 0.2) is 0 Å². The van der Waals surface area contributed by atoms with E-state index in [4.69, 9.17) is 23.7 Å². The first-order valence-corrected chi connectivity index (χ1v) is 13.7. The summed E-state index contributed by atoms with van der Waals surface area (Å²) in [5, 5.41) is 150. The monoisotopic (exact) mass is 634 g/mol. The van der Waals surface area contributed by atoms with E-state index in [-0.39, 0.29) is 0 Å². The number of aliphatic hydroxyl groups excluding tert-OH is 12. The fourth-order valence-electron chi connectivity index (χ4n) is 6.29. The van der Waals surface area contributed by atoms with E-state index in [2.05, 4.69) is 0 Å². The fraction of sp³-hybridized carbons (Fsp3) is 1.00. The molecule has 252 valence electrons. The van der Waals surface area contributed by atoms with Gasteiger partial charge in [-0.1, -0.05) is 0 Å². The molecular formula is C24H42O19. The molecule has 20 atom stereocenters. The summed E-state index contributed by atoms with van der Waals surface area (Å²) in [5.41, 5.74) is -6.90. The van der Waals surface area contributed by atoms with E-state index in [1.165, 1.54) is 13.8 Å². The Morgan fingerprint density at radius 3 is 1.47 bits per heavy atom. The molecule has 4 fully saturated rings. The zero-order valence-corrected chi connectivity index (χ0v) is 23.1. The van der Waals surface area contributed by atoms with E-state index in [0.717, 1.165) is 0 Å². The highest BCUT2D eigenvalue weighted by Crippen LogP contribution is 2.50. The third-order valence-corrected chi connectivity index (χ3v) is 8.97. The van der Waals surface area contributed by atoms with Gasteiger partial charge in [0.25, 0.3) is 0 Å². The normalized spacial score (nSPS) is 58.3. The standard InChI is InChI=1S/C24H42O19/c1-5-9(27)11(29)14(32)19(39-5)23(37)18(35)8(4-26)42-22(43-17-7(3-25)41-21(36)16(34)13(17)31)24(23,38)20-15(33)12(30)10(28)6(2)40-20/h5-22,25-38H,3-4H2,1-2H3/t5-,6-,7+,8+,9+,10+,11+,12+,13+,14-,15-,16+,17+,18-,19?,20?,21?,22-,23+,24-/m0/s1. The first kappa shape index (κ1) is 35.1. The summed E-state index contributed by atoms with van der Waals surface area (Å²) < 4.78 is 27.5. The van der Waals surface area contributed by atoms with Gasteiger partial charge in [0.2, 0.25) is 0 Å². The second-order valence-electron chi connectivity index (χ2n) is 11.6. The molecule has 4 aliphatic rings. The maximum atomic E-state index is 12.5. The maximum Gasteiger partial charge on any atom is 0.193 e. The van der Waals surface area contributed by atoms with E-state index < -0.39 is 135 Å². The molecule has 0 saturated carbocycles. The van der Waals surface area contributed by atoms with Crippen molar-refractivity contribution in [2.45, 2.75) is 135 Å². The summed E-state index contributed by atoms with van der Waals surface area (Å²) >= 11 is 0. The molecule has 0 amide bonds. The molecule has 4 saturated heterocycles. The molecule has 0 aliphatic carbocycles. The fourth-order valence-corrected chi connectivity index (χ4v) is 6.29. The summed E-state index contributed by atoms with van der Waals surface area (Å²) in [4.78, 5) is 0. The molecule has 0 aromatic heterocycles. The molecule has 19 heteroatoms. The Hall–Kier alpha value is -0.760. The molecular weight excluding hydrogens is 592 g/mol. The number of ether oxygens (including phenoxy) is 5. The summed E-state index contributed by atoms with van der Waals surface area (Å²) in [6.45, 7) is 0.321. The van der Waals surface area contributed by atoms with Crippen LogP contribution < -0.4 is 0 Å². The van der Waals surface area contributed by atoms with Crippen molar-refractivity contribution < 1.29 is 95.2 Å². The van der Waals surface area contributed by atoms with Crippen LogP contribution in [-0.4, -0.2) is 206 Å². The van der Waals surface area contributed by atoms with Gasteiger partial charge in [0.15, 0.2) is 23.8 Å². The maximum absolute atomic E-state index is 12.5. The predicted octanol–water partition coefficient (Wildman–Crippen LogP) is -8.92. The van der Waals surface area contributed by atoms with Crippen molar-refractivity contribution in [1.82, 2.24) is 0 Å². The zero-order valence-electron chi connectivity index (χ0n) is 23.1. The second-order valence-corrected chi connectivity index (χ2v) is 11.6. The lowest BCUT2D eigenvalue weighted by atomic mass is 9.63. The van der Waals surface area contributed by atoms with E-state index in [9.17, 15) is 71.5 Å². The molecule has 14 N–H and O–H groups in total. The SMILES string of the molecule is C[C@@H]1OC([C@]2(O)[C@H](O[C@H]3[C@H](O)[C@@H](O)C(O)O[C@@H]3CO)O[C@H](CO)[C@H](O)[C@@]2(O)C2O[C@@H](C)[C@@H](O)[C@@H](O)[C@@H]2O)[C@@H](O)[C@H](O)[C@@H]1O. The van der Waals surface area contributed by atoms with E-state index in [1.807, 2.05) is 0 Å². The lowest BCUT2D eigenvalue weighted by Gasteiger charge is -2.63. The Bertz CT molecular complexity index is 944. The quantitative estimate of drug-likeness (QED) is 0.129. The number of rotatable bonds is 6. The van der Waals surface area contributed by atoms with Gasteiger partial charge in [0.1, 0.15) is 85.5 Å². The number of hydrogen-bond donors (Lipinski definition) is 14. The molecule has 4 heterocycles. The topological polar surface area (TPSA) is 329 Å². The Balaban J connectivity index is 1.90. The average Bonchev–Trinajstić information content (AvgIpc) is 2.98. The summed E-state index contributed by atoms with van der Waals surface area (Å²) in [7, 11) is 0. The molecule has 19 nitrogen and oxygen atoms in total. The van der Waals surface area contributed by atoms with Crippen LogP contribution in [0.2, 0.25) is 0 Å². The zero-order chi connectivity index (χ0) is 32.3. The Morgan fingerprint density at radius 1 is 0.535 bits per heavy atom. The van der Waals surface area contributed by atoms with Crippen molar-refractivity contribution >= 4 is 0 Å². The van der Waals surface area contributed by atoms with Crippen molar-refractivity contribution in [2.75, 3.05) is 13.2 Å². The molecule has 3 unspecified atom stereocenters. The van der Waals surface area contributed by atoms with Crippen LogP contribution in [-0.2, 0) is 23.7 Å². The van der Waals surface area contributed by atoms with E-state index >= 15 is 0 Å². The Morgan fingerprint density at radius 2 is 1.00 bits per heavy atom. The van der Waals surface area contributed by atoms with Crippen LogP contribution in [0.4, 0.5) is 0 Å². The van der Waals surface area contributed by atoms with Gasteiger partial charge >= 0.3 is 0 Å². The van der Waals surface area contributed by atoms with Crippen molar-refractivity contribution in [3.05, 3.63) is 0 Å². The third-order valence-electron chi connectivity index (χ3n) is 8.97. The lowest BCUT2D eigenvalue weighted by Crippen LogP contribution is -2.87. The van der Waals surface area contributed by atoms with Gasteiger partial charge in [0.05, 0.1) is 25.4 Å². The van der Waals surface area contributed by atoms with Gasteiger partial charge in [-0.3, -0.25) is 0 Å². The van der Waals surface area contributed by atoms with Gasteiger partial charge in [0, 0.05) is 0 Å². The van der Waals surface area contributed by atoms with Crippen molar-refractivity contribution in [3.8, 4) is 0 Å². The van der Waals surface area contributed by atoms with Crippen molar-refractivity contribution in [2.24, 2.45) is 0 Å².